The zero-order chi connectivity index (χ0) is 20.1. The molecule has 28 heavy (non-hydrogen) atoms. The molecule has 3 rings (SSSR count). The van der Waals surface area contributed by atoms with Gasteiger partial charge in [-0.2, -0.15) is 0 Å². The maximum absolute atomic E-state index is 13.5. The molecule has 0 bridgehead atoms. The molecule has 1 aliphatic carbocycles. The van der Waals surface area contributed by atoms with E-state index in [1.807, 2.05) is 4.90 Å². The molecule has 152 valence electrons. The normalized spacial score (nSPS) is 18.9. The molecule has 0 radical (unpaired) electrons. The lowest BCUT2D eigenvalue weighted by Gasteiger charge is -2.31. The van der Waals surface area contributed by atoms with Gasteiger partial charge in [0.15, 0.2) is 0 Å². The quantitative estimate of drug-likeness (QED) is 0.361. The molecule has 1 aromatic carbocycles. The molecule has 1 saturated carbocycles. The van der Waals surface area contributed by atoms with Crippen molar-refractivity contribution in [2.75, 3.05) is 38.1 Å². The fourth-order valence-electron chi connectivity index (χ4n) is 3.28. The third-order valence-electron chi connectivity index (χ3n) is 5.38. The highest BCUT2D eigenvalue weighted by atomic mass is 19.1. The largest absolute Gasteiger partial charge is 0.486 e. The summed E-state index contributed by atoms with van der Waals surface area (Å²) in [4.78, 5) is 14.8. The van der Waals surface area contributed by atoms with Gasteiger partial charge in [0.05, 0.1) is 6.61 Å². The van der Waals surface area contributed by atoms with Gasteiger partial charge in [0.2, 0.25) is 5.76 Å². The molecule has 6 nitrogen and oxygen atoms in total. The van der Waals surface area contributed by atoms with Gasteiger partial charge < -0.3 is 25.7 Å². The Kier molecular flexibility index (Phi) is 6.28. The van der Waals surface area contributed by atoms with Crippen LogP contribution in [-0.4, -0.2) is 49.8 Å². The minimum absolute atomic E-state index is 0.00451. The second kappa shape index (κ2) is 8.68. The topological polar surface area (TPSA) is 77.5 Å². The van der Waals surface area contributed by atoms with E-state index >= 15 is 0 Å². The zero-order valence-corrected chi connectivity index (χ0v) is 16.0. The highest BCUT2D eigenvalue weighted by Gasteiger charge is 2.42. The first-order valence-electron chi connectivity index (χ1n) is 9.57. The van der Waals surface area contributed by atoms with Crippen molar-refractivity contribution >= 4 is 17.8 Å². The fraction of sp³-hybridized carbons (Fsp3) is 0.500. The maximum atomic E-state index is 13.5. The Labute approximate surface area is 163 Å². The summed E-state index contributed by atoms with van der Waals surface area (Å²) in [6.07, 6.45) is 4.14. The van der Waals surface area contributed by atoms with Crippen LogP contribution in [0.3, 0.4) is 0 Å². The van der Waals surface area contributed by atoms with E-state index in [1.54, 1.807) is 0 Å². The SMILES string of the molecule is CCC1(CO/C(C(=O)Nc2cc(F)cc(F)c2)=C(/C=N)N2CCNCC2)CC1. The Bertz CT molecular complexity index is 751. The van der Waals surface area contributed by atoms with Crippen LogP contribution in [0.25, 0.3) is 0 Å². The van der Waals surface area contributed by atoms with E-state index < -0.39 is 17.5 Å². The highest BCUT2D eigenvalue weighted by molar-refractivity contribution is 6.05. The van der Waals surface area contributed by atoms with E-state index in [0.717, 1.165) is 56.8 Å². The van der Waals surface area contributed by atoms with Gasteiger partial charge in [0, 0.05) is 49.6 Å². The third kappa shape index (κ3) is 4.86. The molecule has 0 spiro atoms. The van der Waals surface area contributed by atoms with Crippen LogP contribution in [0.15, 0.2) is 29.7 Å². The molecule has 1 heterocycles. The van der Waals surface area contributed by atoms with Gasteiger partial charge in [0.1, 0.15) is 17.3 Å². The number of benzene rings is 1. The number of carbonyl (C=O) groups is 1. The lowest BCUT2D eigenvalue weighted by Crippen LogP contribution is -2.44. The van der Waals surface area contributed by atoms with E-state index in [0.29, 0.717) is 25.4 Å². The van der Waals surface area contributed by atoms with Crippen molar-refractivity contribution in [1.82, 2.24) is 10.2 Å². The second-order valence-corrected chi connectivity index (χ2v) is 7.35. The van der Waals surface area contributed by atoms with E-state index in [9.17, 15) is 13.6 Å². The smallest absolute Gasteiger partial charge is 0.293 e. The number of ether oxygens (including phenoxy) is 1. The van der Waals surface area contributed by atoms with Crippen molar-refractivity contribution in [2.45, 2.75) is 26.2 Å². The molecule has 2 aliphatic rings. The van der Waals surface area contributed by atoms with Crippen molar-refractivity contribution in [3.05, 3.63) is 41.3 Å². The van der Waals surface area contributed by atoms with E-state index in [2.05, 4.69) is 17.6 Å². The Morgan fingerprint density at radius 1 is 1.29 bits per heavy atom. The molecule has 8 heteroatoms. The van der Waals surface area contributed by atoms with Gasteiger partial charge >= 0.3 is 0 Å². The molecule has 2 fully saturated rings. The van der Waals surface area contributed by atoms with Gasteiger partial charge in [-0.1, -0.05) is 6.92 Å². The number of hydrogen-bond donors (Lipinski definition) is 3. The number of allylic oxidation sites excluding steroid dienone is 1. The summed E-state index contributed by atoms with van der Waals surface area (Å²) in [5.74, 6) is -2.16. The lowest BCUT2D eigenvalue weighted by atomic mass is 10.1. The van der Waals surface area contributed by atoms with E-state index in [4.69, 9.17) is 10.1 Å². The number of piperazine rings is 1. The molecule has 3 N–H and O–H groups in total. The molecule has 0 aromatic heterocycles. The summed E-state index contributed by atoms with van der Waals surface area (Å²) in [5, 5.41) is 13.6. The van der Waals surface area contributed by atoms with Crippen molar-refractivity contribution < 1.29 is 18.3 Å². The Morgan fingerprint density at radius 2 is 1.93 bits per heavy atom. The average molecular weight is 392 g/mol. The first-order chi connectivity index (χ1) is 13.5. The summed E-state index contributed by atoms with van der Waals surface area (Å²) in [7, 11) is 0. The molecule has 1 aliphatic heterocycles. The van der Waals surface area contributed by atoms with Gasteiger partial charge in [-0.15, -0.1) is 0 Å². The fourth-order valence-corrected chi connectivity index (χ4v) is 3.28. The predicted molar refractivity (Wildman–Crippen MR) is 103 cm³/mol. The predicted octanol–water partition coefficient (Wildman–Crippen LogP) is 2.88. The van der Waals surface area contributed by atoms with Crippen molar-refractivity contribution in [1.29, 1.82) is 5.41 Å². The van der Waals surface area contributed by atoms with E-state index in [-0.39, 0.29) is 16.9 Å². The molecule has 1 aromatic rings. The molecule has 1 amide bonds. The number of carbonyl (C=O) groups excluding carboxylic acids is 1. The van der Waals surface area contributed by atoms with Crippen LogP contribution in [-0.2, 0) is 9.53 Å². The second-order valence-electron chi connectivity index (χ2n) is 7.35. The number of halogens is 2. The molecular formula is C20H26F2N4O2. The summed E-state index contributed by atoms with van der Waals surface area (Å²) in [6, 6.07) is 2.83. The van der Waals surface area contributed by atoms with Crippen LogP contribution >= 0.6 is 0 Å². The average Bonchev–Trinajstić information content (AvgIpc) is 3.45. The minimum atomic E-state index is -0.779. The number of anilines is 1. The standard InChI is InChI=1S/C20H26F2N4O2/c1-2-20(3-4-20)13-28-18(17(12-23)26-7-5-24-6-8-26)19(27)25-16-10-14(21)9-15(22)11-16/h9-12,23-24H,2-8,13H2,1H3,(H,25,27)/b18-17-,23-12?. The monoisotopic (exact) mass is 392 g/mol. The molecule has 0 atom stereocenters. The minimum Gasteiger partial charge on any atom is -0.486 e. The van der Waals surface area contributed by atoms with Crippen LogP contribution in [0.1, 0.15) is 26.2 Å². The Hall–Kier alpha value is -2.48. The highest BCUT2D eigenvalue weighted by Crippen LogP contribution is 2.49. The van der Waals surface area contributed by atoms with Crippen LogP contribution < -0.4 is 10.6 Å². The maximum Gasteiger partial charge on any atom is 0.293 e. The molecule has 1 saturated heterocycles. The molecule has 0 unspecified atom stereocenters. The third-order valence-corrected chi connectivity index (χ3v) is 5.38. The van der Waals surface area contributed by atoms with Crippen molar-refractivity contribution in [3.8, 4) is 0 Å². The first kappa shape index (κ1) is 20.3. The van der Waals surface area contributed by atoms with E-state index in [1.165, 1.54) is 0 Å². The zero-order valence-electron chi connectivity index (χ0n) is 16.0. The number of hydrogen-bond acceptors (Lipinski definition) is 5. The van der Waals surface area contributed by atoms with Crippen molar-refractivity contribution in [3.63, 3.8) is 0 Å². The van der Waals surface area contributed by atoms with Gasteiger partial charge in [-0.3, -0.25) is 4.79 Å². The van der Waals surface area contributed by atoms with Crippen molar-refractivity contribution in [2.24, 2.45) is 5.41 Å². The van der Waals surface area contributed by atoms with Crippen LogP contribution in [0.5, 0.6) is 0 Å². The summed E-state index contributed by atoms with van der Waals surface area (Å²) >= 11 is 0. The Balaban J connectivity index is 1.86. The van der Waals surface area contributed by atoms with Gasteiger partial charge in [-0.05, 0) is 31.4 Å². The number of nitrogens with zero attached hydrogens (tertiary/aromatic N) is 1. The summed E-state index contributed by atoms with van der Waals surface area (Å²) in [5.41, 5.74) is 0.459. The van der Waals surface area contributed by atoms with Crippen LogP contribution in [0.2, 0.25) is 0 Å². The number of nitrogens with one attached hydrogen (secondary N) is 3. The first-order valence-corrected chi connectivity index (χ1v) is 9.57. The lowest BCUT2D eigenvalue weighted by molar-refractivity contribution is -0.116. The number of rotatable bonds is 8. The summed E-state index contributed by atoms with van der Waals surface area (Å²) < 4.78 is 32.9. The summed E-state index contributed by atoms with van der Waals surface area (Å²) in [6.45, 7) is 5.22. The molecular weight excluding hydrogens is 366 g/mol. The Morgan fingerprint density at radius 3 is 2.46 bits per heavy atom. The van der Waals surface area contributed by atoms with Crippen LogP contribution in [0, 0.1) is 22.5 Å². The van der Waals surface area contributed by atoms with Crippen LogP contribution in [0.4, 0.5) is 14.5 Å². The number of amides is 1. The van der Waals surface area contributed by atoms with Gasteiger partial charge in [0.25, 0.3) is 5.91 Å². The van der Waals surface area contributed by atoms with Gasteiger partial charge in [-0.25, -0.2) is 8.78 Å².